The molecule has 6 heteroatoms. The number of anilines is 1. The molecular weight excluding hydrogens is 336 g/mol. The zero-order valence-corrected chi connectivity index (χ0v) is 14.4. The molecule has 0 radical (unpaired) electrons. The highest BCUT2D eigenvalue weighted by Crippen LogP contribution is 2.17. The van der Waals surface area contributed by atoms with Crippen molar-refractivity contribution in [1.82, 2.24) is 4.98 Å². The van der Waals surface area contributed by atoms with Crippen LogP contribution in [0, 0.1) is 0 Å². The fraction of sp³-hybridized carbons (Fsp3) is 0.105. The van der Waals surface area contributed by atoms with Crippen LogP contribution in [0.5, 0.6) is 5.75 Å². The van der Waals surface area contributed by atoms with Crippen LogP contribution in [0.4, 0.5) is 5.69 Å². The lowest BCUT2D eigenvalue weighted by molar-refractivity contribution is 0.101. The number of carbonyl (C=O) groups excluding carboxylic acids is 2. The number of ether oxygens (including phenoxy) is 1. The standard InChI is InChI=1S/C19H16N2O3S/c1-13(22)15-3-2-4-16(9-15)21-19(23)14-5-7-18(8-6-14)24-10-17-11-25-12-20-17/h2-9,11-12H,10H2,1H3,(H,21,23). The minimum atomic E-state index is -0.244. The van der Waals surface area contributed by atoms with Gasteiger partial charge in [0.2, 0.25) is 0 Å². The molecule has 0 aliphatic rings. The van der Waals surface area contributed by atoms with E-state index in [1.54, 1.807) is 54.0 Å². The highest BCUT2D eigenvalue weighted by molar-refractivity contribution is 7.07. The molecule has 0 saturated heterocycles. The highest BCUT2D eigenvalue weighted by Gasteiger charge is 2.08. The first-order valence-corrected chi connectivity index (χ1v) is 8.58. The van der Waals surface area contributed by atoms with E-state index in [1.165, 1.54) is 18.3 Å². The summed E-state index contributed by atoms with van der Waals surface area (Å²) in [6, 6.07) is 13.7. The van der Waals surface area contributed by atoms with E-state index in [2.05, 4.69) is 10.3 Å². The van der Waals surface area contributed by atoms with Gasteiger partial charge in [-0.15, -0.1) is 11.3 Å². The van der Waals surface area contributed by atoms with Gasteiger partial charge in [0.15, 0.2) is 5.78 Å². The Morgan fingerprint density at radius 1 is 1.12 bits per heavy atom. The van der Waals surface area contributed by atoms with Crippen molar-refractivity contribution >= 4 is 28.7 Å². The largest absolute Gasteiger partial charge is 0.487 e. The number of thiazole rings is 1. The summed E-state index contributed by atoms with van der Waals surface area (Å²) in [6.07, 6.45) is 0. The SMILES string of the molecule is CC(=O)c1cccc(NC(=O)c2ccc(OCc3cscn3)cc2)c1. The molecule has 5 nitrogen and oxygen atoms in total. The second kappa shape index (κ2) is 7.72. The normalized spacial score (nSPS) is 10.3. The van der Waals surface area contributed by atoms with Crippen LogP contribution in [-0.4, -0.2) is 16.7 Å². The third kappa shape index (κ3) is 4.51. The highest BCUT2D eigenvalue weighted by atomic mass is 32.1. The van der Waals surface area contributed by atoms with Gasteiger partial charge >= 0.3 is 0 Å². The molecule has 1 amide bonds. The van der Waals surface area contributed by atoms with Gasteiger partial charge in [-0.25, -0.2) is 4.98 Å². The minimum absolute atomic E-state index is 0.0438. The van der Waals surface area contributed by atoms with Crippen LogP contribution in [0.25, 0.3) is 0 Å². The Kier molecular flexibility index (Phi) is 5.20. The molecule has 126 valence electrons. The summed E-state index contributed by atoms with van der Waals surface area (Å²) >= 11 is 1.52. The van der Waals surface area contributed by atoms with Crippen LogP contribution in [0.15, 0.2) is 59.4 Å². The third-order valence-electron chi connectivity index (χ3n) is 3.51. The number of ketones is 1. The summed E-state index contributed by atoms with van der Waals surface area (Å²) in [5, 5.41) is 4.71. The quantitative estimate of drug-likeness (QED) is 0.676. The van der Waals surface area contributed by atoms with E-state index < -0.39 is 0 Å². The van der Waals surface area contributed by atoms with Crippen molar-refractivity contribution in [3.8, 4) is 5.75 Å². The molecule has 0 aliphatic carbocycles. The summed E-state index contributed by atoms with van der Waals surface area (Å²) in [7, 11) is 0. The zero-order chi connectivity index (χ0) is 17.6. The summed E-state index contributed by atoms with van der Waals surface area (Å²) in [5.74, 6) is 0.382. The maximum Gasteiger partial charge on any atom is 0.255 e. The van der Waals surface area contributed by atoms with Gasteiger partial charge in [-0.1, -0.05) is 12.1 Å². The second-order valence-electron chi connectivity index (χ2n) is 5.38. The van der Waals surface area contributed by atoms with Crippen molar-refractivity contribution in [1.29, 1.82) is 0 Å². The molecule has 0 spiro atoms. The number of aromatic nitrogens is 1. The first kappa shape index (κ1) is 16.9. The van der Waals surface area contributed by atoms with Crippen LogP contribution in [0.3, 0.4) is 0 Å². The van der Waals surface area contributed by atoms with Crippen molar-refractivity contribution in [2.75, 3.05) is 5.32 Å². The maximum atomic E-state index is 12.3. The summed E-state index contributed by atoms with van der Waals surface area (Å²) in [5.41, 5.74) is 4.28. The lowest BCUT2D eigenvalue weighted by Gasteiger charge is -2.08. The molecule has 0 saturated carbocycles. The molecule has 1 heterocycles. The molecule has 3 rings (SSSR count). The predicted molar refractivity (Wildman–Crippen MR) is 97.3 cm³/mol. The van der Waals surface area contributed by atoms with Gasteiger partial charge in [0.05, 0.1) is 11.2 Å². The lowest BCUT2D eigenvalue weighted by Crippen LogP contribution is -2.12. The number of rotatable bonds is 6. The third-order valence-corrected chi connectivity index (χ3v) is 4.15. The van der Waals surface area contributed by atoms with Crippen LogP contribution in [-0.2, 0) is 6.61 Å². The van der Waals surface area contributed by atoms with E-state index in [0.717, 1.165) is 5.69 Å². The predicted octanol–water partition coefficient (Wildman–Crippen LogP) is 4.18. The first-order chi connectivity index (χ1) is 12.1. The van der Waals surface area contributed by atoms with Crippen LogP contribution < -0.4 is 10.1 Å². The van der Waals surface area contributed by atoms with E-state index in [4.69, 9.17) is 4.74 Å². The van der Waals surface area contributed by atoms with E-state index in [1.807, 2.05) is 5.38 Å². The molecule has 2 aromatic carbocycles. The molecule has 0 fully saturated rings. The molecular formula is C19H16N2O3S. The summed E-state index contributed by atoms with van der Waals surface area (Å²) < 4.78 is 5.62. The smallest absolute Gasteiger partial charge is 0.255 e. The van der Waals surface area contributed by atoms with Gasteiger partial charge in [-0.2, -0.15) is 0 Å². The molecule has 0 atom stereocenters. The molecule has 3 aromatic rings. The van der Waals surface area contributed by atoms with Crippen LogP contribution >= 0.6 is 11.3 Å². The van der Waals surface area contributed by atoms with Gasteiger partial charge in [0, 0.05) is 22.2 Å². The Balaban J connectivity index is 1.62. The van der Waals surface area contributed by atoms with E-state index in [-0.39, 0.29) is 11.7 Å². The Bertz CT molecular complexity index is 874. The zero-order valence-electron chi connectivity index (χ0n) is 13.6. The summed E-state index contributed by atoms with van der Waals surface area (Å²) in [6.45, 7) is 1.89. The molecule has 0 aliphatic heterocycles. The molecule has 0 unspecified atom stereocenters. The lowest BCUT2D eigenvalue weighted by atomic mass is 10.1. The average Bonchev–Trinajstić information content (AvgIpc) is 3.14. The number of Topliss-reactive ketones (excluding diaryl/α,β-unsaturated/α-hetero) is 1. The van der Waals surface area contributed by atoms with Crippen molar-refractivity contribution in [3.63, 3.8) is 0 Å². The van der Waals surface area contributed by atoms with Crippen LogP contribution in [0.1, 0.15) is 33.3 Å². The van der Waals surface area contributed by atoms with E-state index in [9.17, 15) is 9.59 Å². The monoisotopic (exact) mass is 352 g/mol. The minimum Gasteiger partial charge on any atom is -0.487 e. The number of carbonyl (C=O) groups is 2. The molecule has 1 aromatic heterocycles. The van der Waals surface area contributed by atoms with Gasteiger partial charge in [0.1, 0.15) is 12.4 Å². The number of benzene rings is 2. The second-order valence-corrected chi connectivity index (χ2v) is 6.10. The van der Waals surface area contributed by atoms with Crippen LogP contribution in [0.2, 0.25) is 0 Å². The number of hydrogen-bond acceptors (Lipinski definition) is 5. The molecule has 25 heavy (non-hydrogen) atoms. The van der Waals surface area contributed by atoms with Gasteiger partial charge < -0.3 is 10.1 Å². The average molecular weight is 352 g/mol. The Labute approximate surface area is 149 Å². The Morgan fingerprint density at radius 2 is 1.92 bits per heavy atom. The fourth-order valence-electron chi connectivity index (χ4n) is 2.19. The number of hydrogen-bond donors (Lipinski definition) is 1. The van der Waals surface area contributed by atoms with Gasteiger partial charge in [-0.3, -0.25) is 9.59 Å². The topological polar surface area (TPSA) is 68.3 Å². The Hall–Kier alpha value is -2.99. The number of amides is 1. The number of nitrogens with zero attached hydrogens (tertiary/aromatic N) is 1. The number of nitrogens with one attached hydrogen (secondary N) is 1. The van der Waals surface area contributed by atoms with Crippen molar-refractivity contribution in [2.45, 2.75) is 13.5 Å². The fourth-order valence-corrected chi connectivity index (χ4v) is 2.73. The van der Waals surface area contributed by atoms with Crippen molar-refractivity contribution < 1.29 is 14.3 Å². The van der Waals surface area contributed by atoms with Crippen molar-refractivity contribution in [3.05, 3.63) is 76.2 Å². The maximum absolute atomic E-state index is 12.3. The van der Waals surface area contributed by atoms with E-state index >= 15 is 0 Å². The summed E-state index contributed by atoms with van der Waals surface area (Å²) in [4.78, 5) is 27.9. The van der Waals surface area contributed by atoms with E-state index in [0.29, 0.717) is 29.2 Å². The van der Waals surface area contributed by atoms with Gasteiger partial charge in [-0.05, 0) is 43.3 Å². The van der Waals surface area contributed by atoms with Crippen molar-refractivity contribution in [2.24, 2.45) is 0 Å². The van der Waals surface area contributed by atoms with Gasteiger partial charge in [0.25, 0.3) is 5.91 Å². The molecule has 0 bridgehead atoms. The Morgan fingerprint density at radius 3 is 2.60 bits per heavy atom. The molecule has 1 N–H and O–H groups in total. The first-order valence-electron chi connectivity index (χ1n) is 7.64.